The minimum absolute atomic E-state index is 0. The molecular weight excluding hydrogens is 534 g/mol. The molecule has 182 valence electrons. The van der Waals surface area contributed by atoms with Crippen molar-refractivity contribution in [1.82, 2.24) is 20.6 Å². The second-order valence-electron chi connectivity index (χ2n) is 7.43. The van der Waals surface area contributed by atoms with Crippen molar-refractivity contribution in [3.63, 3.8) is 0 Å². The monoisotopic (exact) mass is 552 g/mol. The quantitative estimate of drug-likeness (QED) is 0.329. The van der Waals surface area contributed by atoms with Crippen LogP contribution in [0.15, 0.2) is 21.2 Å². The Labute approximate surface area is 228 Å². The van der Waals surface area contributed by atoms with E-state index in [1.54, 1.807) is 33.8 Å². The molecule has 1 aromatic carbocycles. The first-order valence-corrected chi connectivity index (χ1v) is 12.8. The third-order valence-corrected chi connectivity index (χ3v) is 7.04. The maximum atomic E-state index is 12.9. The Morgan fingerprint density at radius 2 is 1.89 bits per heavy atom. The smallest absolute Gasteiger partial charge is 0.789 e. The summed E-state index contributed by atoms with van der Waals surface area (Å²) in [5.74, 6) is -0.921. The van der Waals surface area contributed by atoms with Gasteiger partial charge in [-0.05, 0) is 24.5 Å². The van der Waals surface area contributed by atoms with E-state index in [9.17, 15) is 23.7 Å². The van der Waals surface area contributed by atoms with Gasteiger partial charge in [-0.3, -0.25) is 4.79 Å². The van der Waals surface area contributed by atoms with Crippen LogP contribution in [0.5, 0.6) is 11.5 Å². The number of aryl methyl sites for hydroxylation is 1. The number of nitrogens with zero attached hydrogens (tertiary/aromatic N) is 3. The summed E-state index contributed by atoms with van der Waals surface area (Å²) in [6, 6.07) is 2.88. The van der Waals surface area contributed by atoms with Gasteiger partial charge in [0.15, 0.2) is 11.5 Å². The first-order valence-electron chi connectivity index (χ1n) is 9.90. The maximum absolute atomic E-state index is 12.9. The fourth-order valence-corrected chi connectivity index (χ4v) is 5.33. The molecule has 1 unspecified atom stereocenters. The molecule has 35 heavy (non-hydrogen) atoms. The number of hydrogen-bond acceptors (Lipinski definition) is 13. The Morgan fingerprint density at radius 3 is 2.46 bits per heavy atom. The molecule has 14 nitrogen and oxygen atoms in total. The molecule has 0 saturated carbocycles. The Kier molecular flexibility index (Phi) is 8.20. The summed E-state index contributed by atoms with van der Waals surface area (Å²) in [7, 11) is -10.6. The largest absolute Gasteiger partial charge is 2.00 e. The second-order valence-corrected chi connectivity index (χ2v) is 10.2. The number of benzene rings is 1. The summed E-state index contributed by atoms with van der Waals surface area (Å²) < 4.78 is 48.9. The van der Waals surface area contributed by atoms with E-state index in [0.717, 1.165) is 0 Å². The van der Waals surface area contributed by atoms with E-state index in [0.29, 0.717) is 12.1 Å². The number of fused-ring (bicyclic) bond motifs is 2. The van der Waals surface area contributed by atoms with E-state index in [4.69, 9.17) is 18.1 Å². The van der Waals surface area contributed by atoms with Crippen molar-refractivity contribution >= 4 is 59.3 Å². The van der Waals surface area contributed by atoms with Gasteiger partial charge in [0.1, 0.15) is 17.1 Å². The van der Waals surface area contributed by atoms with Gasteiger partial charge in [-0.2, -0.15) is 4.98 Å². The average Bonchev–Trinajstić information content (AvgIpc) is 3.32. The van der Waals surface area contributed by atoms with Crippen molar-refractivity contribution in [3.05, 3.63) is 29.3 Å². The van der Waals surface area contributed by atoms with Crippen LogP contribution in [0.2, 0.25) is 0 Å². The summed E-state index contributed by atoms with van der Waals surface area (Å²) in [4.78, 5) is 39.0. The molecule has 0 saturated heterocycles. The molecule has 1 aliphatic rings. The third kappa shape index (κ3) is 5.81. The van der Waals surface area contributed by atoms with E-state index in [-0.39, 0.29) is 89.5 Å². The summed E-state index contributed by atoms with van der Waals surface area (Å²) in [5.41, 5.74) is 0.441. The van der Waals surface area contributed by atoms with Crippen molar-refractivity contribution in [2.24, 2.45) is 0 Å². The summed E-state index contributed by atoms with van der Waals surface area (Å²) in [6.45, 7) is 7.13. The van der Waals surface area contributed by atoms with E-state index in [2.05, 4.69) is 24.9 Å². The van der Waals surface area contributed by atoms with Crippen molar-refractivity contribution in [2.45, 2.75) is 33.6 Å². The number of phosphoric acid groups is 2. The standard InChI is InChI=1S/C18H20N4O10P2.Ca/c1-5-19-18(23)15-14(17-20-9(4)28-22-17)16(29-21-15)11-6-10(8(2)3)12-7-13(11)31-34(27,30-12)32-33(24,25)26;/h6-8H,5H2,1-4H3,(H,19,23)(H2,24,25,26);/q;+2/p-2. The van der Waals surface area contributed by atoms with Crippen LogP contribution in [0.3, 0.4) is 0 Å². The van der Waals surface area contributed by atoms with Crippen molar-refractivity contribution in [1.29, 1.82) is 0 Å². The zero-order valence-corrected chi connectivity index (χ0v) is 23.0. The zero-order valence-electron chi connectivity index (χ0n) is 19.0. The maximum Gasteiger partial charge on any atom is 2.00 e. The van der Waals surface area contributed by atoms with Gasteiger partial charge in [-0.1, -0.05) is 24.2 Å². The SMILES string of the molecule is CCNC(=O)c1noc(-c2cc(C(C)C)c3cc2OP(=O)(OP(=O)([O-])[O-])O3)c1-c1noc(C)n1.[Ca+2]. The molecule has 2 bridgehead atoms. The van der Waals surface area contributed by atoms with Crippen molar-refractivity contribution in [2.75, 3.05) is 6.54 Å². The van der Waals surface area contributed by atoms with Gasteiger partial charge >= 0.3 is 45.6 Å². The fraction of sp³-hybridized carbons (Fsp3) is 0.333. The van der Waals surface area contributed by atoms with Gasteiger partial charge in [0.05, 0.1) is 13.4 Å². The van der Waals surface area contributed by atoms with Crippen LogP contribution < -0.4 is 24.2 Å². The molecule has 1 amide bonds. The van der Waals surface area contributed by atoms with Gasteiger partial charge in [0.25, 0.3) is 5.91 Å². The minimum Gasteiger partial charge on any atom is -0.789 e. The van der Waals surface area contributed by atoms with E-state index < -0.39 is 21.6 Å². The predicted molar refractivity (Wildman–Crippen MR) is 115 cm³/mol. The normalized spacial score (nSPS) is 16.9. The molecule has 0 aliphatic carbocycles. The molecule has 4 rings (SSSR count). The molecule has 17 heteroatoms. The molecule has 0 fully saturated rings. The molecule has 3 heterocycles. The van der Waals surface area contributed by atoms with Gasteiger partial charge in [0.2, 0.25) is 11.7 Å². The Morgan fingerprint density at radius 1 is 1.20 bits per heavy atom. The molecule has 2 aromatic heterocycles. The molecule has 1 atom stereocenters. The first-order chi connectivity index (χ1) is 15.9. The summed E-state index contributed by atoms with van der Waals surface area (Å²) in [5, 5.41) is 10.3. The molecule has 1 aliphatic heterocycles. The average molecular weight is 552 g/mol. The number of amides is 1. The van der Waals surface area contributed by atoms with E-state index >= 15 is 0 Å². The summed E-state index contributed by atoms with van der Waals surface area (Å²) >= 11 is 0. The number of aromatic nitrogens is 3. The summed E-state index contributed by atoms with van der Waals surface area (Å²) in [6.07, 6.45) is 0. The van der Waals surface area contributed by atoms with Gasteiger partial charge < -0.3 is 37.8 Å². The van der Waals surface area contributed by atoms with Gasteiger partial charge in [0, 0.05) is 19.5 Å². The van der Waals surface area contributed by atoms with Crippen LogP contribution in [-0.2, 0) is 13.4 Å². The number of carbonyl (C=O) groups is 1. The number of nitrogens with one attached hydrogen (secondary N) is 1. The number of phosphoric ester groups is 1. The number of hydrogen-bond donors (Lipinski definition) is 1. The van der Waals surface area contributed by atoms with Crippen LogP contribution >= 0.6 is 15.6 Å². The Hall–Kier alpha value is -1.76. The fourth-order valence-electron chi connectivity index (χ4n) is 3.26. The molecule has 0 spiro atoms. The van der Waals surface area contributed by atoms with E-state index in [1.165, 1.54) is 6.07 Å². The van der Waals surface area contributed by atoms with Crippen LogP contribution in [0.1, 0.15) is 48.6 Å². The Bertz CT molecular complexity index is 1370. The first kappa shape index (κ1) is 27.8. The molecule has 3 aromatic rings. The van der Waals surface area contributed by atoms with Crippen LogP contribution in [0.25, 0.3) is 22.7 Å². The van der Waals surface area contributed by atoms with Crippen LogP contribution in [0.4, 0.5) is 0 Å². The zero-order chi connectivity index (χ0) is 24.8. The Balaban J connectivity index is 0.00000342. The van der Waals surface area contributed by atoms with Crippen LogP contribution in [-0.4, -0.2) is 65.5 Å². The van der Waals surface area contributed by atoms with Gasteiger partial charge in [-0.25, -0.2) is 8.88 Å². The van der Waals surface area contributed by atoms with Crippen molar-refractivity contribution < 1.29 is 46.1 Å². The molecule has 1 N–H and O–H groups in total. The van der Waals surface area contributed by atoms with Crippen molar-refractivity contribution in [3.8, 4) is 34.2 Å². The predicted octanol–water partition coefficient (Wildman–Crippen LogP) is 1.92. The molecule has 0 radical (unpaired) electrons. The van der Waals surface area contributed by atoms with E-state index in [1.807, 2.05) is 0 Å². The minimum atomic E-state index is -5.75. The number of rotatable bonds is 7. The molecular formula is C18H18CaN4O10P2. The second kappa shape index (κ2) is 10.3. The topological polar surface area (TPSA) is 202 Å². The number of carbonyl (C=O) groups excluding carboxylic acids is 1. The third-order valence-electron chi connectivity index (χ3n) is 4.59. The van der Waals surface area contributed by atoms with Gasteiger partial charge in [-0.15, -0.1) is 0 Å². The van der Waals surface area contributed by atoms with Crippen LogP contribution in [0, 0.1) is 6.92 Å².